The van der Waals surface area contributed by atoms with E-state index in [4.69, 9.17) is 17.3 Å². The minimum atomic E-state index is -0.224. The zero-order valence-electron chi connectivity index (χ0n) is 9.64. The van der Waals surface area contributed by atoms with Gasteiger partial charge >= 0.3 is 0 Å². The number of rotatable bonds is 4. The molecule has 0 aromatic heterocycles. The first kappa shape index (κ1) is 13.4. The van der Waals surface area contributed by atoms with Crippen LogP contribution in [-0.2, 0) is 0 Å². The van der Waals surface area contributed by atoms with E-state index in [1.807, 2.05) is 24.3 Å². The molecule has 0 fully saturated rings. The predicted molar refractivity (Wildman–Crippen MR) is 75.5 cm³/mol. The minimum absolute atomic E-state index is 0.0845. The summed E-state index contributed by atoms with van der Waals surface area (Å²) in [5.74, 6) is 0.505. The molecule has 2 aromatic rings. The van der Waals surface area contributed by atoms with Crippen molar-refractivity contribution in [2.45, 2.75) is 10.9 Å². The zero-order valence-corrected chi connectivity index (χ0v) is 11.2. The van der Waals surface area contributed by atoms with Crippen LogP contribution in [0.5, 0.6) is 0 Å². The van der Waals surface area contributed by atoms with Crippen LogP contribution in [-0.4, -0.2) is 5.75 Å². The molecule has 1 nitrogen and oxygen atoms in total. The van der Waals surface area contributed by atoms with Crippen LogP contribution in [0.25, 0.3) is 0 Å². The molecular formula is C14H13ClFNS. The van der Waals surface area contributed by atoms with Crippen LogP contribution in [0.4, 0.5) is 4.39 Å². The summed E-state index contributed by atoms with van der Waals surface area (Å²) in [6.45, 7) is 0. The van der Waals surface area contributed by atoms with Crippen LogP contribution in [0.3, 0.4) is 0 Å². The highest BCUT2D eigenvalue weighted by atomic mass is 35.5. The van der Waals surface area contributed by atoms with E-state index in [0.717, 1.165) is 16.2 Å². The fraction of sp³-hybridized carbons (Fsp3) is 0.143. The number of halogens is 2. The number of benzene rings is 2. The van der Waals surface area contributed by atoms with Crippen LogP contribution in [0.2, 0.25) is 5.02 Å². The van der Waals surface area contributed by atoms with Crippen molar-refractivity contribution < 1.29 is 4.39 Å². The van der Waals surface area contributed by atoms with Gasteiger partial charge in [0, 0.05) is 21.7 Å². The van der Waals surface area contributed by atoms with E-state index in [2.05, 4.69) is 0 Å². The quantitative estimate of drug-likeness (QED) is 0.847. The Kier molecular flexibility index (Phi) is 4.64. The van der Waals surface area contributed by atoms with E-state index in [-0.39, 0.29) is 11.9 Å². The Balaban J connectivity index is 1.96. The van der Waals surface area contributed by atoms with E-state index < -0.39 is 0 Å². The molecule has 0 spiro atoms. The van der Waals surface area contributed by atoms with E-state index in [0.29, 0.717) is 5.02 Å². The van der Waals surface area contributed by atoms with E-state index in [9.17, 15) is 4.39 Å². The van der Waals surface area contributed by atoms with Crippen molar-refractivity contribution in [1.29, 1.82) is 0 Å². The molecular weight excluding hydrogens is 269 g/mol. The highest BCUT2D eigenvalue weighted by Gasteiger charge is 2.07. The summed E-state index contributed by atoms with van der Waals surface area (Å²) in [6.07, 6.45) is 0. The van der Waals surface area contributed by atoms with Crippen LogP contribution in [0, 0.1) is 5.82 Å². The molecule has 0 saturated heterocycles. The van der Waals surface area contributed by atoms with Crippen LogP contribution in [0.15, 0.2) is 53.4 Å². The first-order chi connectivity index (χ1) is 8.65. The van der Waals surface area contributed by atoms with Crippen LogP contribution >= 0.6 is 23.4 Å². The van der Waals surface area contributed by atoms with Crippen molar-refractivity contribution >= 4 is 23.4 Å². The average molecular weight is 282 g/mol. The highest BCUT2D eigenvalue weighted by molar-refractivity contribution is 7.99. The third-order valence-corrected chi connectivity index (χ3v) is 3.89. The monoisotopic (exact) mass is 281 g/mol. The van der Waals surface area contributed by atoms with Gasteiger partial charge in [-0.05, 0) is 42.0 Å². The maximum atomic E-state index is 12.7. The Morgan fingerprint density at radius 3 is 2.56 bits per heavy atom. The Morgan fingerprint density at radius 1 is 1.17 bits per heavy atom. The number of nitrogens with two attached hydrogens (primary N) is 1. The second kappa shape index (κ2) is 6.23. The Morgan fingerprint density at radius 2 is 1.89 bits per heavy atom. The van der Waals surface area contributed by atoms with Crippen molar-refractivity contribution in [2.24, 2.45) is 5.73 Å². The molecule has 0 bridgehead atoms. The first-order valence-electron chi connectivity index (χ1n) is 5.54. The molecule has 4 heteroatoms. The van der Waals surface area contributed by atoms with E-state index in [1.165, 1.54) is 12.1 Å². The first-order valence-corrected chi connectivity index (χ1v) is 6.91. The van der Waals surface area contributed by atoms with Crippen molar-refractivity contribution in [2.75, 3.05) is 5.75 Å². The molecule has 18 heavy (non-hydrogen) atoms. The van der Waals surface area contributed by atoms with Gasteiger partial charge in [-0.15, -0.1) is 11.8 Å². The fourth-order valence-corrected chi connectivity index (χ4v) is 2.64. The number of hydrogen-bond donors (Lipinski definition) is 1. The molecule has 0 radical (unpaired) electrons. The number of hydrogen-bond acceptors (Lipinski definition) is 2. The second-order valence-electron chi connectivity index (χ2n) is 3.93. The third-order valence-electron chi connectivity index (χ3n) is 2.52. The normalized spacial score (nSPS) is 12.4. The summed E-state index contributed by atoms with van der Waals surface area (Å²) in [5, 5.41) is 0.690. The third kappa shape index (κ3) is 3.73. The van der Waals surface area contributed by atoms with Crippen molar-refractivity contribution in [3.8, 4) is 0 Å². The van der Waals surface area contributed by atoms with Gasteiger partial charge in [0.1, 0.15) is 5.82 Å². The molecule has 2 N–H and O–H groups in total. The minimum Gasteiger partial charge on any atom is -0.323 e. The SMILES string of the molecule is NC(CSc1ccc(F)cc1)c1cccc(Cl)c1. The molecule has 1 atom stereocenters. The Hall–Kier alpha value is -1.03. The Bertz CT molecular complexity index is 515. The largest absolute Gasteiger partial charge is 0.323 e. The van der Waals surface area contributed by atoms with Gasteiger partial charge in [-0.1, -0.05) is 23.7 Å². The lowest BCUT2D eigenvalue weighted by molar-refractivity contribution is 0.626. The van der Waals surface area contributed by atoms with Gasteiger partial charge in [0.05, 0.1) is 0 Å². The average Bonchev–Trinajstić information content (AvgIpc) is 2.38. The lowest BCUT2D eigenvalue weighted by Gasteiger charge is -2.11. The summed E-state index contributed by atoms with van der Waals surface area (Å²) >= 11 is 7.52. The van der Waals surface area contributed by atoms with E-state index >= 15 is 0 Å². The van der Waals surface area contributed by atoms with Crippen LogP contribution in [0.1, 0.15) is 11.6 Å². The molecule has 0 aliphatic rings. The molecule has 0 saturated carbocycles. The van der Waals surface area contributed by atoms with Crippen molar-refractivity contribution in [3.63, 3.8) is 0 Å². The zero-order chi connectivity index (χ0) is 13.0. The molecule has 0 heterocycles. The van der Waals surface area contributed by atoms with Gasteiger partial charge in [0.2, 0.25) is 0 Å². The van der Waals surface area contributed by atoms with Crippen molar-refractivity contribution in [3.05, 3.63) is 64.9 Å². The molecule has 0 amide bonds. The van der Waals surface area contributed by atoms with Gasteiger partial charge in [-0.3, -0.25) is 0 Å². The van der Waals surface area contributed by atoms with Crippen LogP contribution < -0.4 is 5.73 Å². The topological polar surface area (TPSA) is 26.0 Å². The highest BCUT2D eigenvalue weighted by Crippen LogP contribution is 2.24. The van der Waals surface area contributed by atoms with Gasteiger partial charge in [0.15, 0.2) is 0 Å². The van der Waals surface area contributed by atoms with Gasteiger partial charge < -0.3 is 5.73 Å². The molecule has 0 aliphatic heterocycles. The summed E-state index contributed by atoms with van der Waals surface area (Å²) < 4.78 is 12.7. The molecule has 2 aromatic carbocycles. The lowest BCUT2D eigenvalue weighted by atomic mass is 10.1. The molecule has 1 unspecified atom stereocenters. The lowest BCUT2D eigenvalue weighted by Crippen LogP contribution is -2.12. The van der Waals surface area contributed by atoms with E-state index in [1.54, 1.807) is 23.9 Å². The van der Waals surface area contributed by atoms with Gasteiger partial charge in [-0.2, -0.15) is 0 Å². The summed E-state index contributed by atoms with van der Waals surface area (Å²) in [6, 6.07) is 13.9. The number of thioether (sulfide) groups is 1. The predicted octanol–water partition coefficient (Wildman–Crippen LogP) is 4.27. The summed E-state index contributed by atoms with van der Waals surface area (Å²) in [7, 11) is 0. The smallest absolute Gasteiger partial charge is 0.123 e. The molecule has 2 rings (SSSR count). The fourth-order valence-electron chi connectivity index (χ4n) is 1.55. The van der Waals surface area contributed by atoms with Gasteiger partial charge in [-0.25, -0.2) is 4.39 Å². The van der Waals surface area contributed by atoms with Gasteiger partial charge in [0.25, 0.3) is 0 Å². The summed E-state index contributed by atoms with van der Waals surface area (Å²) in [4.78, 5) is 1.01. The maximum Gasteiger partial charge on any atom is 0.123 e. The van der Waals surface area contributed by atoms with Crippen molar-refractivity contribution in [1.82, 2.24) is 0 Å². The second-order valence-corrected chi connectivity index (χ2v) is 5.46. The standard InChI is InChI=1S/C14H13ClFNS/c15-11-3-1-2-10(8-11)14(17)9-18-13-6-4-12(16)5-7-13/h1-8,14H,9,17H2. The molecule has 94 valence electrons. The Labute approximate surface area is 115 Å². The maximum absolute atomic E-state index is 12.7. The summed E-state index contributed by atoms with van der Waals surface area (Å²) in [5.41, 5.74) is 7.10. The molecule has 0 aliphatic carbocycles.